The summed E-state index contributed by atoms with van der Waals surface area (Å²) < 4.78 is 5.98. The predicted octanol–water partition coefficient (Wildman–Crippen LogP) is 5.25. The summed E-state index contributed by atoms with van der Waals surface area (Å²) in [5.74, 6) is 1.54. The Morgan fingerprint density at radius 1 is 1.05 bits per heavy atom. The molecule has 0 amide bonds. The van der Waals surface area contributed by atoms with Gasteiger partial charge >= 0.3 is 0 Å². The van der Waals surface area contributed by atoms with Crippen LogP contribution in [0.3, 0.4) is 0 Å². The van der Waals surface area contributed by atoms with Gasteiger partial charge in [0.2, 0.25) is 0 Å². The van der Waals surface area contributed by atoms with Crippen molar-refractivity contribution in [3.63, 3.8) is 0 Å². The van der Waals surface area contributed by atoms with E-state index in [0.717, 1.165) is 23.4 Å². The van der Waals surface area contributed by atoms with Gasteiger partial charge in [-0.3, -0.25) is 0 Å². The van der Waals surface area contributed by atoms with Crippen LogP contribution in [0.5, 0.6) is 11.5 Å². The van der Waals surface area contributed by atoms with Gasteiger partial charge in [-0.05, 0) is 48.7 Å². The minimum absolute atomic E-state index is 0.460. The summed E-state index contributed by atoms with van der Waals surface area (Å²) in [7, 11) is 0. The molecule has 0 aliphatic heterocycles. The van der Waals surface area contributed by atoms with E-state index in [-0.39, 0.29) is 0 Å². The monoisotopic (exact) mass is 303 g/mol. The van der Waals surface area contributed by atoms with E-state index in [2.05, 4.69) is 37.4 Å². The Morgan fingerprint density at radius 3 is 2.48 bits per heavy atom. The number of halogens is 1. The fraction of sp³-hybridized carbons (Fsp3) is 0.333. The molecule has 0 heterocycles. The van der Waals surface area contributed by atoms with E-state index in [1.807, 2.05) is 32.0 Å². The Hall–Kier alpha value is -1.51. The lowest BCUT2D eigenvalue weighted by Gasteiger charge is -2.13. The van der Waals surface area contributed by atoms with Crippen LogP contribution in [-0.2, 0) is 6.54 Å². The largest absolute Gasteiger partial charge is 0.456 e. The second kappa shape index (κ2) is 6.97. The SMILES string of the molecule is Cc1ccc(Oc2cc(CNC(C)C)ccc2C)c(Cl)c1. The topological polar surface area (TPSA) is 21.3 Å². The zero-order valence-electron chi connectivity index (χ0n) is 13.0. The molecule has 1 N–H and O–H groups in total. The van der Waals surface area contributed by atoms with Crippen molar-refractivity contribution in [2.45, 2.75) is 40.3 Å². The Kier molecular flexibility index (Phi) is 5.27. The molecule has 0 spiro atoms. The fourth-order valence-electron chi connectivity index (χ4n) is 1.99. The van der Waals surface area contributed by atoms with Gasteiger partial charge in [0.1, 0.15) is 11.5 Å². The second-order valence-electron chi connectivity index (χ2n) is 5.67. The molecule has 3 heteroatoms. The number of aryl methyl sites for hydroxylation is 2. The van der Waals surface area contributed by atoms with Gasteiger partial charge in [-0.15, -0.1) is 0 Å². The molecule has 0 saturated heterocycles. The third-order valence-electron chi connectivity index (χ3n) is 3.27. The number of rotatable bonds is 5. The van der Waals surface area contributed by atoms with Crippen molar-refractivity contribution in [3.8, 4) is 11.5 Å². The van der Waals surface area contributed by atoms with E-state index in [1.54, 1.807) is 0 Å². The van der Waals surface area contributed by atoms with Crippen LogP contribution in [0.4, 0.5) is 0 Å². The molecular weight excluding hydrogens is 282 g/mol. The minimum Gasteiger partial charge on any atom is -0.456 e. The number of hydrogen-bond acceptors (Lipinski definition) is 2. The van der Waals surface area contributed by atoms with Crippen molar-refractivity contribution in [1.82, 2.24) is 5.32 Å². The molecule has 0 saturated carbocycles. The molecule has 0 aliphatic carbocycles. The molecule has 0 radical (unpaired) electrons. The van der Waals surface area contributed by atoms with Crippen LogP contribution in [0.1, 0.15) is 30.5 Å². The lowest BCUT2D eigenvalue weighted by Crippen LogP contribution is -2.21. The van der Waals surface area contributed by atoms with Crippen molar-refractivity contribution in [2.24, 2.45) is 0 Å². The Bertz CT molecular complexity index is 623. The second-order valence-corrected chi connectivity index (χ2v) is 6.08. The summed E-state index contributed by atoms with van der Waals surface area (Å²) in [4.78, 5) is 0. The molecule has 0 unspecified atom stereocenters. The first kappa shape index (κ1) is 15.9. The molecule has 0 aromatic heterocycles. The summed E-state index contributed by atoms with van der Waals surface area (Å²) in [5, 5.41) is 4.05. The van der Waals surface area contributed by atoms with Crippen LogP contribution < -0.4 is 10.1 Å². The van der Waals surface area contributed by atoms with Crippen molar-refractivity contribution in [2.75, 3.05) is 0 Å². The zero-order valence-corrected chi connectivity index (χ0v) is 13.8. The summed E-state index contributed by atoms with van der Waals surface area (Å²) in [6.07, 6.45) is 0. The van der Waals surface area contributed by atoms with Gasteiger partial charge in [-0.1, -0.05) is 43.6 Å². The number of hydrogen-bond donors (Lipinski definition) is 1. The Morgan fingerprint density at radius 2 is 1.81 bits per heavy atom. The van der Waals surface area contributed by atoms with Crippen molar-refractivity contribution in [1.29, 1.82) is 0 Å². The summed E-state index contributed by atoms with van der Waals surface area (Å²) in [6.45, 7) is 9.15. The van der Waals surface area contributed by atoms with Crippen LogP contribution in [-0.4, -0.2) is 6.04 Å². The zero-order chi connectivity index (χ0) is 15.4. The van der Waals surface area contributed by atoms with Gasteiger partial charge in [0.25, 0.3) is 0 Å². The quantitative estimate of drug-likeness (QED) is 0.815. The number of ether oxygens (including phenoxy) is 1. The summed E-state index contributed by atoms with van der Waals surface area (Å²) in [5.41, 5.74) is 3.42. The van der Waals surface area contributed by atoms with Gasteiger partial charge in [0.15, 0.2) is 0 Å². The molecule has 2 aromatic rings. The van der Waals surface area contributed by atoms with Gasteiger partial charge in [0.05, 0.1) is 5.02 Å². The highest BCUT2D eigenvalue weighted by atomic mass is 35.5. The van der Waals surface area contributed by atoms with Crippen molar-refractivity contribution in [3.05, 3.63) is 58.1 Å². The van der Waals surface area contributed by atoms with Gasteiger partial charge in [0, 0.05) is 12.6 Å². The molecule has 2 nitrogen and oxygen atoms in total. The predicted molar refractivity (Wildman–Crippen MR) is 89.4 cm³/mol. The average molecular weight is 304 g/mol. The number of benzene rings is 2. The smallest absolute Gasteiger partial charge is 0.146 e. The van der Waals surface area contributed by atoms with E-state index in [0.29, 0.717) is 16.8 Å². The highest BCUT2D eigenvalue weighted by Gasteiger charge is 2.07. The van der Waals surface area contributed by atoms with Crippen LogP contribution in [0, 0.1) is 13.8 Å². The molecule has 2 aromatic carbocycles. The van der Waals surface area contributed by atoms with Crippen molar-refractivity contribution >= 4 is 11.6 Å². The molecule has 0 bridgehead atoms. The van der Waals surface area contributed by atoms with Crippen LogP contribution in [0.25, 0.3) is 0 Å². The van der Waals surface area contributed by atoms with Crippen molar-refractivity contribution < 1.29 is 4.74 Å². The third-order valence-corrected chi connectivity index (χ3v) is 3.57. The molecule has 0 fully saturated rings. The fourth-order valence-corrected chi connectivity index (χ4v) is 2.27. The molecule has 0 atom stereocenters. The van der Waals surface area contributed by atoms with E-state index in [9.17, 15) is 0 Å². The van der Waals surface area contributed by atoms with Gasteiger partial charge in [-0.25, -0.2) is 0 Å². The van der Waals surface area contributed by atoms with Crippen LogP contribution in [0.2, 0.25) is 5.02 Å². The maximum Gasteiger partial charge on any atom is 0.146 e. The first-order chi connectivity index (χ1) is 9.95. The first-order valence-electron chi connectivity index (χ1n) is 7.22. The molecular formula is C18H22ClNO. The first-order valence-corrected chi connectivity index (χ1v) is 7.60. The lowest BCUT2D eigenvalue weighted by atomic mass is 10.1. The Balaban J connectivity index is 2.20. The van der Waals surface area contributed by atoms with E-state index >= 15 is 0 Å². The third kappa shape index (κ3) is 4.48. The number of nitrogens with one attached hydrogen (secondary N) is 1. The van der Waals surface area contributed by atoms with E-state index < -0.39 is 0 Å². The van der Waals surface area contributed by atoms with Gasteiger partial charge in [-0.2, -0.15) is 0 Å². The van der Waals surface area contributed by atoms with Crippen LogP contribution in [0.15, 0.2) is 36.4 Å². The summed E-state index contributed by atoms with van der Waals surface area (Å²) in [6, 6.07) is 12.6. The standard InChI is InChI=1S/C18H22ClNO/c1-12(2)20-11-15-7-6-14(4)18(10-15)21-17-8-5-13(3)9-16(17)19/h5-10,12,20H,11H2,1-4H3. The molecule has 21 heavy (non-hydrogen) atoms. The lowest BCUT2D eigenvalue weighted by molar-refractivity contribution is 0.477. The average Bonchev–Trinajstić information content (AvgIpc) is 2.42. The molecule has 0 aliphatic rings. The highest BCUT2D eigenvalue weighted by molar-refractivity contribution is 6.32. The Labute approximate surface area is 132 Å². The maximum absolute atomic E-state index is 6.24. The van der Waals surface area contributed by atoms with Crippen LogP contribution >= 0.6 is 11.6 Å². The van der Waals surface area contributed by atoms with E-state index in [4.69, 9.17) is 16.3 Å². The normalized spacial score (nSPS) is 11.0. The summed E-state index contributed by atoms with van der Waals surface area (Å²) >= 11 is 6.24. The molecule has 2 rings (SSSR count). The van der Waals surface area contributed by atoms with Gasteiger partial charge < -0.3 is 10.1 Å². The molecule has 112 valence electrons. The van der Waals surface area contributed by atoms with E-state index in [1.165, 1.54) is 5.56 Å². The minimum atomic E-state index is 0.460. The maximum atomic E-state index is 6.24. The highest BCUT2D eigenvalue weighted by Crippen LogP contribution is 2.32.